The zero-order valence-electron chi connectivity index (χ0n) is 43.1. The molecule has 0 saturated heterocycles. The van der Waals surface area contributed by atoms with Crippen LogP contribution in [0.2, 0.25) is 0 Å². The molecule has 0 saturated carbocycles. The van der Waals surface area contributed by atoms with E-state index in [1.807, 2.05) is 13.0 Å². The second-order valence-corrected chi connectivity index (χ2v) is 21.2. The molecule has 3 amide bonds. The standard InChI is InChI=1S/C53H61N11O12S/c1-4-19-62(21-17-35-36-22-44-45(76-31-75-44)24-41(36)59-47-37(35)27-64-43(47)23-39-38(49(64)67)30-73-50(68)53(39,70)5-2)52(69)74-29-32-13-15-34(16-14-32)57-48(66)40(11-8-9-18-54)58-46(65)12-7-6-10-20-63-28-42(60-61-63)33-25-55-51(56-26-33)77(3,71)72/h13-16,22-26,28,40,70H,4-12,17-21,27,29-31,54H2,1-3H3,(H,57,66)(H,58,65)/t40-,53-/m0/s1. The maximum atomic E-state index is 14.0. The molecule has 9 rings (SSSR count). The van der Waals surface area contributed by atoms with Crippen molar-refractivity contribution in [3.05, 3.63) is 99.2 Å². The molecule has 406 valence electrons. The summed E-state index contributed by atoms with van der Waals surface area (Å²) < 4.78 is 49.1. The first-order chi connectivity index (χ1) is 37.1. The fraction of sp³-hybridized carbons (Fsp3) is 0.434. The third kappa shape index (κ3) is 11.8. The van der Waals surface area contributed by atoms with Crippen LogP contribution in [0.3, 0.4) is 0 Å². The monoisotopic (exact) mass is 1080 g/mol. The number of cyclic esters (lactones) is 1. The molecule has 23 nitrogen and oxygen atoms in total. The van der Waals surface area contributed by atoms with Gasteiger partial charge < -0.3 is 49.9 Å². The number of aromatic nitrogens is 7. The Morgan fingerprint density at radius 2 is 1.73 bits per heavy atom. The normalized spacial score (nSPS) is 15.6. The Kier molecular flexibility index (Phi) is 16.3. The van der Waals surface area contributed by atoms with Crippen LogP contribution in [0, 0.1) is 0 Å². The molecule has 0 bridgehead atoms. The average molecular weight is 1080 g/mol. The van der Waals surface area contributed by atoms with E-state index in [1.165, 1.54) is 12.4 Å². The molecule has 0 aliphatic carbocycles. The Bertz CT molecular complexity index is 3390. The summed E-state index contributed by atoms with van der Waals surface area (Å²) in [6.07, 6.45) is 9.97. The average Bonchev–Trinajstić information content (AvgIpc) is 4.26. The lowest BCUT2D eigenvalue weighted by Gasteiger charge is -2.31. The van der Waals surface area contributed by atoms with Gasteiger partial charge in [0, 0.05) is 78.5 Å². The van der Waals surface area contributed by atoms with E-state index >= 15 is 0 Å². The van der Waals surface area contributed by atoms with Crippen molar-refractivity contribution in [2.24, 2.45) is 5.73 Å². The van der Waals surface area contributed by atoms with E-state index in [9.17, 15) is 37.5 Å². The molecule has 6 aromatic rings. The largest absolute Gasteiger partial charge is 0.458 e. The van der Waals surface area contributed by atoms with Crippen LogP contribution >= 0.6 is 0 Å². The number of hydrogen-bond donors (Lipinski definition) is 4. The lowest BCUT2D eigenvalue weighted by atomic mass is 9.86. The summed E-state index contributed by atoms with van der Waals surface area (Å²) in [6.45, 7) is 5.20. The number of nitrogens with one attached hydrogen (secondary N) is 2. The van der Waals surface area contributed by atoms with Gasteiger partial charge in [-0.2, -0.15) is 0 Å². The second-order valence-electron chi connectivity index (χ2n) is 19.3. The van der Waals surface area contributed by atoms with E-state index in [-0.39, 0.29) is 79.6 Å². The molecule has 7 heterocycles. The van der Waals surface area contributed by atoms with Gasteiger partial charge in [-0.25, -0.2) is 33.0 Å². The van der Waals surface area contributed by atoms with E-state index in [4.69, 9.17) is 29.7 Å². The van der Waals surface area contributed by atoms with E-state index in [0.29, 0.717) is 122 Å². The van der Waals surface area contributed by atoms with Crippen LogP contribution in [0.25, 0.3) is 33.5 Å². The molecule has 0 radical (unpaired) electrons. The van der Waals surface area contributed by atoms with Gasteiger partial charge >= 0.3 is 12.1 Å². The summed E-state index contributed by atoms with van der Waals surface area (Å²) in [5, 5.41) is 26.0. The van der Waals surface area contributed by atoms with Crippen molar-refractivity contribution >= 4 is 50.3 Å². The molecule has 0 fully saturated rings. The number of pyridine rings is 2. The lowest BCUT2D eigenvalue weighted by Crippen LogP contribution is -2.44. The third-order valence-electron chi connectivity index (χ3n) is 14.0. The number of nitrogens with two attached hydrogens (primary N) is 1. The number of esters is 1. The molecule has 24 heteroatoms. The van der Waals surface area contributed by atoms with Crippen molar-refractivity contribution in [1.29, 1.82) is 0 Å². The summed E-state index contributed by atoms with van der Waals surface area (Å²) >= 11 is 0. The predicted molar refractivity (Wildman–Crippen MR) is 279 cm³/mol. The van der Waals surface area contributed by atoms with E-state index < -0.39 is 33.5 Å². The smallest absolute Gasteiger partial charge is 0.410 e. The van der Waals surface area contributed by atoms with Crippen molar-refractivity contribution in [3.8, 4) is 34.1 Å². The van der Waals surface area contributed by atoms with E-state index in [2.05, 4.69) is 30.9 Å². The molecule has 3 aliphatic heterocycles. The number of rotatable bonds is 23. The lowest BCUT2D eigenvalue weighted by molar-refractivity contribution is -0.172. The zero-order valence-corrected chi connectivity index (χ0v) is 43.9. The van der Waals surface area contributed by atoms with E-state index in [0.717, 1.165) is 22.8 Å². The minimum atomic E-state index is -3.53. The molecule has 77 heavy (non-hydrogen) atoms. The Labute approximate surface area is 443 Å². The number of carbonyl (C=O) groups excluding carboxylic acids is 4. The van der Waals surface area contributed by atoms with Crippen molar-refractivity contribution in [3.63, 3.8) is 0 Å². The summed E-state index contributed by atoms with van der Waals surface area (Å²) in [6, 6.07) is 11.4. The number of ether oxygens (including phenoxy) is 4. The second kappa shape index (κ2) is 23.2. The van der Waals surface area contributed by atoms with Crippen LogP contribution in [0.5, 0.6) is 11.5 Å². The topological polar surface area (TPSA) is 304 Å². The van der Waals surface area contributed by atoms with Gasteiger partial charge in [-0.05, 0) is 93.3 Å². The van der Waals surface area contributed by atoms with Gasteiger partial charge in [0.1, 0.15) is 24.9 Å². The predicted octanol–water partition coefficient (Wildman–Crippen LogP) is 4.66. The summed E-state index contributed by atoms with van der Waals surface area (Å²) in [7, 11) is -3.53. The Hall–Kier alpha value is -7.83. The first-order valence-electron chi connectivity index (χ1n) is 25.7. The number of aryl methyl sites for hydroxylation is 1. The molecule has 4 aromatic heterocycles. The first-order valence-corrected chi connectivity index (χ1v) is 27.6. The molecule has 2 atom stereocenters. The SMILES string of the molecule is CCCN(CCc1c2c(nc3cc4c(cc13)OCO4)-c1cc3c(c(=O)n1C2)COC(=O)[C@]3(O)CC)C(=O)OCc1ccc(NC(=O)[C@H](CCCCN)NC(=O)CCCCCn2cc(-c3cnc(S(C)(=O)=O)nc3)nn2)cc1. The molecular formula is C53H61N11O12S. The van der Waals surface area contributed by atoms with Crippen LogP contribution in [0.4, 0.5) is 10.5 Å². The van der Waals surface area contributed by atoms with Crippen LogP contribution in [-0.4, -0.2) is 116 Å². The molecule has 3 aliphatic rings. The highest BCUT2D eigenvalue weighted by Crippen LogP contribution is 2.43. The van der Waals surface area contributed by atoms with Gasteiger partial charge in [0.2, 0.25) is 33.6 Å². The Balaban J connectivity index is 0.789. The van der Waals surface area contributed by atoms with Crippen molar-refractivity contribution < 1.29 is 51.6 Å². The van der Waals surface area contributed by atoms with Crippen molar-refractivity contribution in [1.82, 2.24) is 44.7 Å². The summed E-state index contributed by atoms with van der Waals surface area (Å²) in [4.78, 5) is 81.7. The van der Waals surface area contributed by atoms with Crippen molar-refractivity contribution in [2.45, 2.75) is 121 Å². The number of hydrogen-bond acceptors (Lipinski definition) is 18. The number of aliphatic hydroxyl groups is 1. The van der Waals surface area contributed by atoms with E-state index in [1.54, 1.807) is 63.7 Å². The quantitative estimate of drug-likeness (QED) is 0.0384. The summed E-state index contributed by atoms with van der Waals surface area (Å²) in [5.74, 6) is -0.357. The molecule has 5 N–H and O–H groups in total. The van der Waals surface area contributed by atoms with Gasteiger partial charge in [-0.1, -0.05) is 37.6 Å². The Morgan fingerprint density at radius 1 is 0.961 bits per heavy atom. The van der Waals surface area contributed by atoms with Gasteiger partial charge in [-0.15, -0.1) is 5.10 Å². The van der Waals surface area contributed by atoms with Gasteiger partial charge in [-0.3, -0.25) is 19.1 Å². The third-order valence-corrected chi connectivity index (χ3v) is 14.8. The molecule has 0 spiro atoms. The highest BCUT2D eigenvalue weighted by molar-refractivity contribution is 7.90. The van der Waals surface area contributed by atoms with Crippen molar-refractivity contribution in [2.75, 3.05) is 38.0 Å². The summed E-state index contributed by atoms with van der Waals surface area (Å²) in [5.41, 5.74) is 9.20. The number of nitrogens with zero attached hydrogens (tertiary/aromatic N) is 8. The zero-order chi connectivity index (χ0) is 54.4. The van der Waals surface area contributed by atoms with Gasteiger partial charge in [0.15, 0.2) is 17.1 Å². The minimum absolute atomic E-state index is 0.0114. The number of carbonyl (C=O) groups is 4. The molecular weight excluding hydrogens is 1010 g/mol. The highest BCUT2D eigenvalue weighted by Gasteiger charge is 2.45. The highest BCUT2D eigenvalue weighted by atomic mass is 32.2. The Morgan fingerprint density at radius 3 is 2.45 bits per heavy atom. The number of unbranched alkanes of at least 4 members (excludes halogenated alkanes) is 3. The number of benzene rings is 2. The fourth-order valence-electron chi connectivity index (χ4n) is 9.74. The fourth-order valence-corrected chi connectivity index (χ4v) is 10.2. The minimum Gasteiger partial charge on any atom is -0.458 e. The molecule has 0 unspecified atom stereocenters. The van der Waals surface area contributed by atoms with Crippen LogP contribution < -0.4 is 31.4 Å². The van der Waals surface area contributed by atoms with Crippen LogP contribution in [-0.2, 0) is 72.0 Å². The maximum Gasteiger partial charge on any atom is 0.410 e. The van der Waals surface area contributed by atoms with Gasteiger partial charge in [0.25, 0.3) is 5.56 Å². The number of fused-ring (bicyclic) bond motifs is 6. The number of amides is 3. The number of anilines is 1. The first kappa shape index (κ1) is 54.0. The maximum absolute atomic E-state index is 14.0. The van der Waals surface area contributed by atoms with Crippen LogP contribution in [0.1, 0.15) is 99.5 Å². The van der Waals surface area contributed by atoms with Crippen LogP contribution in [0.15, 0.2) is 71.0 Å². The molecule has 2 aromatic carbocycles. The van der Waals surface area contributed by atoms with Gasteiger partial charge in [0.05, 0.1) is 35.2 Å². The number of sulfone groups is 1.